The van der Waals surface area contributed by atoms with Gasteiger partial charge in [-0.3, -0.25) is 8.86 Å². The van der Waals surface area contributed by atoms with Crippen molar-refractivity contribution in [3.05, 3.63) is 30.1 Å². The van der Waals surface area contributed by atoms with Crippen LogP contribution < -0.4 is 4.31 Å². The predicted molar refractivity (Wildman–Crippen MR) is 59.4 cm³/mol. The molecule has 0 saturated carbocycles. The molecule has 0 bridgehead atoms. The number of benzene rings is 1. The van der Waals surface area contributed by atoms with E-state index in [0.29, 0.717) is 0 Å². The molecule has 0 aromatic heterocycles. The van der Waals surface area contributed by atoms with E-state index in [0.717, 1.165) is 4.31 Å². The summed E-state index contributed by atoms with van der Waals surface area (Å²) in [5.41, 5.74) is -0.493. The molecule has 0 aliphatic carbocycles. The Hall–Kier alpha value is -0.940. The van der Waals surface area contributed by atoms with Gasteiger partial charge in [-0.05, 0) is 32.9 Å². The van der Waals surface area contributed by atoms with Gasteiger partial charge in [0.25, 0.3) is 11.3 Å². The lowest BCUT2D eigenvalue weighted by Crippen LogP contribution is -2.43. The Morgan fingerprint density at radius 2 is 1.87 bits per heavy atom. The third kappa shape index (κ3) is 2.76. The largest absolute Gasteiger partial charge is 0.289 e. The highest BCUT2D eigenvalue weighted by molar-refractivity contribution is 7.80. The third-order valence-electron chi connectivity index (χ3n) is 1.84. The summed E-state index contributed by atoms with van der Waals surface area (Å²) in [4.78, 5) is 0. The van der Waals surface area contributed by atoms with E-state index >= 15 is 0 Å². The minimum Gasteiger partial charge on any atom is -0.289 e. The van der Waals surface area contributed by atoms with Crippen molar-refractivity contribution in [2.45, 2.75) is 26.3 Å². The number of halogens is 1. The number of anilines is 1. The van der Waals surface area contributed by atoms with E-state index in [1.807, 2.05) is 0 Å². The van der Waals surface area contributed by atoms with E-state index in [1.165, 1.54) is 12.1 Å². The van der Waals surface area contributed by atoms with Gasteiger partial charge in [0.15, 0.2) is 0 Å². The van der Waals surface area contributed by atoms with Gasteiger partial charge < -0.3 is 0 Å². The average molecular weight is 231 g/mol. The molecule has 0 aliphatic heterocycles. The van der Waals surface area contributed by atoms with Crippen LogP contribution in [0.25, 0.3) is 0 Å². The van der Waals surface area contributed by atoms with E-state index in [-0.39, 0.29) is 5.69 Å². The second kappa shape index (κ2) is 4.28. The van der Waals surface area contributed by atoms with Crippen molar-refractivity contribution in [3.8, 4) is 0 Å². The number of hydrogen-bond acceptors (Lipinski definition) is 1. The lowest BCUT2D eigenvalue weighted by Gasteiger charge is -2.33. The highest BCUT2D eigenvalue weighted by Crippen LogP contribution is 2.27. The van der Waals surface area contributed by atoms with Crippen LogP contribution in [-0.2, 0) is 11.3 Å². The summed E-state index contributed by atoms with van der Waals surface area (Å²) in [5, 5.41) is 0. The summed E-state index contributed by atoms with van der Waals surface area (Å²) < 4.78 is 34.9. The van der Waals surface area contributed by atoms with Crippen LogP contribution in [0, 0.1) is 5.82 Å². The van der Waals surface area contributed by atoms with Crippen LogP contribution in [0.4, 0.5) is 10.1 Å². The normalized spacial score (nSPS) is 13.7. The van der Waals surface area contributed by atoms with E-state index in [1.54, 1.807) is 32.9 Å². The van der Waals surface area contributed by atoms with Gasteiger partial charge in [-0.2, -0.15) is 0 Å². The second-order valence-corrected chi connectivity index (χ2v) is 4.97. The molecule has 15 heavy (non-hydrogen) atoms. The van der Waals surface area contributed by atoms with Gasteiger partial charge >= 0.3 is 0 Å². The molecule has 3 nitrogen and oxygen atoms in total. The Morgan fingerprint density at radius 1 is 1.33 bits per heavy atom. The van der Waals surface area contributed by atoms with Gasteiger partial charge in [0.2, 0.25) is 0 Å². The number of hydrogen-bond donors (Lipinski definition) is 1. The molecule has 1 atom stereocenters. The molecule has 5 heteroatoms. The molecular formula is C10H14FNO2S. The number of rotatable bonds is 2. The van der Waals surface area contributed by atoms with E-state index < -0.39 is 22.6 Å². The number of para-hydroxylation sites is 1. The zero-order valence-electron chi connectivity index (χ0n) is 8.90. The fourth-order valence-electron chi connectivity index (χ4n) is 1.30. The van der Waals surface area contributed by atoms with E-state index in [2.05, 4.69) is 0 Å². The van der Waals surface area contributed by atoms with Gasteiger partial charge in [0, 0.05) is 5.54 Å². The highest BCUT2D eigenvalue weighted by atomic mass is 32.2. The zero-order chi connectivity index (χ0) is 11.6. The summed E-state index contributed by atoms with van der Waals surface area (Å²) in [7, 11) is 0. The molecule has 0 fully saturated rings. The van der Waals surface area contributed by atoms with E-state index in [4.69, 9.17) is 4.55 Å². The summed E-state index contributed by atoms with van der Waals surface area (Å²) >= 11 is -2.24. The fraction of sp³-hybridized carbons (Fsp3) is 0.400. The molecule has 84 valence electrons. The van der Waals surface area contributed by atoms with Crippen molar-refractivity contribution in [2.24, 2.45) is 0 Å². The standard InChI is InChI=1S/C10H14FNO2S/c1-10(2,3)12(15(13)14)9-7-5-4-6-8(9)11/h4-7H,1-3H3,(H,13,14). The van der Waals surface area contributed by atoms with Crippen molar-refractivity contribution in [3.63, 3.8) is 0 Å². The lowest BCUT2D eigenvalue weighted by atomic mass is 10.1. The first-order valence-corrected chi connectivity index (χ1v) is 5.56. The van der Waals surface area contributed by atoms with Crippen molar-refractivity contribution >= 4 is 17.0 Å². The second-order valence-electron chi connectivity index (χ2n) is 4.15. The highest BCUT2D eigenvalue weighted by Gasteiger charge is 2.28. The maximum absolute atomic E-state index is 13.4. The predicted octanol–water partition coefficient (Wildman–Crippen LogP) is 2.57. The minimum atomic E-state index is -2.24. The van der Waals surface area contributed by atoms with Crippen LogP contribution in [0.1, 0.15) is 20.8 Å². The average Bonchev–Trinajstić information content (AvgIpc) is 2.05. The molecule has 0 radical (unpaired) electrons. The van der Waals surface area contributed by atoms with Crippen LogP contribution in [0.3, 0.4) is 0 Å². The molecule has 0 aliphatic rings. The molecule has 1 aromatic carbocycles. The smallest absolute Gasteiger partial charge is 0.262 e. The molecular weight excluding hydrogens is 217 g/mol. The van der Waals surface area contributed by atoms with Crippen LogP contribution in [-0.4, -0.2) is 14.3 Å². The zero-order valence-corrected chi connectivity index (χ0v) is 9.71. The van der Waals surface area contributed by atoms with Gasteiger partial charge in [0.1, 0.15) is 5.82 Å². The summed E-state index contributed by atoms with van der Waals surface area (Å²) in [5.74, 6) is -0.505. The first-order valence-electron chi connectivity index (χ1n) is 4.50. The molecule has 0 heterocycles. The van der Waals surface area contributed by atoms with Crippen molar-refractivity contribution in [2.75, 3.05) is 4.31 Å². The van der Waals surface area contributed by atoms with Gasteiger partial charge in [0.05, 0.1) is 5.69 Å². The van der Waals surface area contributed by atoms with Crippen LogP contribution in [0.15, 0.2) is 24.3 Å². The Bertz CT molecular complexity index is 376. The molecule has 1 rings (SSSR count). The lowest BCUT2D eigenvalue weighted by molar-refractivity contribution is 0.507. The Morgan fingerprint density at radius 3 is 2.27 bits per heavy atom. The van der Waals surface area contributed by atoms with E-state index in [9.17, 15) is 8.60 Å². The van der Waals surface area contributed by atoms with Crippen LogP contribution >= 0.6 is 0 Å². The molecule has 0 amide bonds. The van der Waals surface area contributed by atoms with Crippen molar-refractivity contribution in [1.29, 1.82) is 0 Å². The maximum atomic E-state index is 13.4. The van der Waals surface area contributed by atoms with Gasteiger partial charge in [-0.25, -0.2) is 8.60 Å². The molecule has 1 N–H and O–H groups in total. The monoisotopic (exact) mass is 231 g/mol. The Labute approximate surface area is 91.3 Å². The molecule has 0 spiro atoms. The molecule has 1 unspecified atom stereocenters. The summed E-state index contributed by atoms with van der Waals surface area (Å²) in [6.07, 6.45) is 0. The first kappa shape index (κ1) is 12.1. The summed E-state index contributed by atoms with van der Waals surface area (Å²) in [6, 6.07) is 5.92. The molecule has 1 aromatic rings. The maximum Gasteiger partial charge on any atom is 0.262 e. The van der Waals surface area contributed by atoms with Crippen molar-refractivity contribution in [1.82, 2.24) is 0 Å². The molecule has 0 saturated heterocycles. The Balaban J connectivity index is 3.23. The Kier molecular flexibility index (Phi) is 3.46. The SMILES string of the molecule is CC(C)(C)N(c1ccccc1F)S(=O)O. The first-order chi connectivity index (χ1) is 6.84. The fourth-order valence-corrected chi connectivity index (χ4v) is 2.08. The van der Waals surface area contributed by atoms with Crippen LogP contribution in [0.2, 0.25) is 0 Å². The quantitative estimate of drug-likeness (QED) is 0.795. The minimum absolute atomic E-state index is 0.130. The van der Waals surface area contributed by atoms with Gasteiger partial charge in [-0.1, -0.05) is 12.1 Å². The van der Waals surface area contributed by atoms with Crippen LogP contribution in [0.5, 0.6) is 0 Å². The topological polar surface area (TPSA) is 40.5 Å². The third-order valence-corrected chi connectivity index (χ3v) is 2.89. The van der Waals surface area contributed by atoms with Gasteiger partial charge in [-0.15, -0.1) is 0 Å². The van der Waals surface area contributed by atoms with Crippen molar-refractivity contribution < 1.29 is 13.2 Å². The number of nitrogens with zero attached hydrogens (tertiary/aromatic N) is 1. The summed E-state index contributed by atoms with van der Waals surface area (Å²) in [6.45, 7) is 5.23.